The lowest BCUT2D eigenvalue weighted by atomic mass is 9.70. The molecule has 2 aliphatic carbocycles. The normalized spacial score (nSPS) is 26.5. The van der Waals surface area contributed by atoms with Gasteiger partial charge in [0.15, 0.2) is 0 Å². The Morgan fingerprint density at radius 3 is 2.18 bits per heavy atom. The first-order valence-corrected chi connectivity index (χ1v) is 7.58. The third-order valence-corrected chi connectivity index (χ3v) is 5.23. The second-order valence-corrected chi connectivity index (χ2v) is 6.68. The fourth-order valence-electron chi connectivity index (χ4n) is 3.53. The molecular formula is C15H30N2. The van der Waals surface area contributed by atoms with Crippen LogP contribution < -0.4 is 10.6 Å². The van der Waals surface area contributed by atoms with Crippen molar-refractivity contribution in [3.05, 3.63) is 0 Å². The Morgan fingerprint density at radius 1 is 0.941 bits per heavy atom. The van der Waals surface area contributed by atoms with Crippen molar-refractivity contribution in [2.75, 3.05) is 20.1 Å². The summed E-state index contributed by atoms with van der Waals surface area (Å²) >= 11 is 0. The molecule has 2 N–H and O–H groups in total. The standard InChI is InChI=1S/C15H30N2/c1-14(7-6-8-14)13-17-12-11-15(16-2)9-4-3-5-10-15/h16-17H,3-13H2,1-2H3. The highest BCUT2D eigenvalue weighted by atomic mass is 15.0. The summed E-state index contributed by atoms with van der Waals surface area (Å²) < 4.78 is 0. The molecule has 2 aliphatic rings. The zero-order valence-corrected chi connectivity index (χ0v) is 11.8. The van der Waals surface area contributed by atoms with Crippen molar-refractivity contribution < 1.29 is 0 Å². The van der Waals surface area contributed by atoms with Crippen molar-refractivity contribution >= 4 is 0 Å². The highest BCUT2D eigenvalue weighted by molar-refractivity contribution is 4.91. The molecule has 0 aromatic heterocycles. The molecule has 0 heterocycles. The molecule has 2 nitrogen and oxygen atoms in total. The van der Waals surface area contributed by atoms with Crippen LogP contribution >= 0.6 is 0 Å². The smallest absolute Gasteiger partial charge is 0.0190 e. The molecule has 0 aromatic rings. The second kappa shape index (κ2) is 5.71. The summed E-state index contributed by atoms with van der Waals surface area (Å²) in [7, 11) is 2.15. The van der Waals surface area contributed by atoms with Crippen LogP contribution in [0.5, 0.6) is 0 Å². The van der Waals surface area contributed by atoms with Crippen molar-refractivity contribution in [3.8, 4) is 0 Å². The van der Waals surface area contributed by atoms with E-state index in [2.05, 4.69) is 24.6 Å². The Balaban J connectivity index is 1.65. The van der Waals surface area contributed by atoms with Gasteiger partial charge in [0, 0.05) is 12.1 Å². The Hall–Kier alpha value is -0.0800. The molecule has 0 saturated heterocycles. The minimum Gasteiger partial charge on any atom is -0.316 e. The molecule has 0 aromatic carbocycles. The average Bonchev–Trinajstić information content (AvgIpc) is 2.34. The van der Waals surface area contributed by atoms with Crippen molar-refractivity contribution in [1.82, 2.24) is 10.6 Å². The second-order valence-electron chi connectivity index (χ2n) is 6.68. The zero-order chi connectivity index (χ0) is 12.2. The van der Waals surface area contributed by atoms with Gasteiger partial charge in [-0.2, -0.15) is 0 Å². The maximum Gasteiger partial charge on any atom is 0.0190 e. The predicted octanol–water partition coefficient (Wildman–Crippen LogP) is 3.08. The molecule has 0 bridgehead atoms. The predicted molar refractivity (Wildman–Crippen MR) is 74.3 cm³/mol. The molecular weight excluding hydrogens is 208 g/mol. The lowest BCUT2D eigenvalue weighted by Gasteiger charge is -2.40. The number of hydrogen-bond acceptors (Lipinski definition) is 2. The van der Waals surface area contributed by atoms with Gasteiger partial charge in [0.1, 0.15) is 0 Å². The molecule has 0 unspecified atom stereocenters. The third-order valence-electron chi connectivity index (χ3n) is 5.23. The van der Waals surface area contributed by atoms with Crippen LogP contribution in [0.2, 0.25) is 0 Å². The van der Waals surface area contributed by atoms with Crippen LogP contribution in [-0.4, -0.2) is 25.7 Å². The van der Waals surface area contributed by atoms with Crippen LogP contribution in [0.1, 0.15) is 64.7 Å². The Labute approximate surface area is 107 Å². The van der Waals surface area contributed by atoms with E-state index in [1.165, 1.54) is 70.9 Å². The van der Waals surface area contributed by atoms with E-state index >= 15 is 0 Å². The molecule has 0 aliphatic heterocycles. The first kappa shape index (κ1) is 13.4. The van der Waals surface area contributed by atoms with Gasteiger partial charge in [-0.15, -0.1) is 0 Å². The van der Waals surface area contributed by atoms with E-state index in [0.717, 1.165) is 0 Å². The Morgan fingerprint density at radius 2 is 1.65 bits per heavy atom. The van der Waals surface area contributed by atoms with Crippen LogP contribution in [0, 0.1) is 5.41 Å². The van der Waals surface area contributed by atoms with Crippen LogP contribution in [-0.2, 0) is 0 Å². The van der Waals surface area contributed by atoms with E-state index < -0.39 is 0 Å². The molecule has 2 heteroatoms. The minimum atomic E-state index is 0.450. The van der Waals surface area contributed by atoms with Gasteiger partial charge in [0.25, 0.3) is 0 Å². The first-order chi connectivity index (χ1) is 8.18. The van der Waals surface area contributed by atoms with Crippen LogP contribution in [0.4, 0.5) is 0 Å². The van der Waals surface area contributed by atoms with Gasteiger partial charge < -0.3 is 10.6 Å². The summed E-state index contributed by atoms with van der Waals surface area (Å²) in [6.45, 7) is 4.85. The molecule has 0 spiro atoms. The van der Waals surface area contributed by atoms with Gasteiger partial charge >= 0.3 is 0 Å². The molecule has 0 atom stereocenters. The molecule has 2 saturated carbocycles. The molecule has 100 valence electrons. The maximum absolute atomic E-state index is 3.69. The first-order valence-electron chi connectivity index (χ1n) is 7.58. The Bertz CT molecular complexity index is 227. The van der Waals surface area contributed by atoms with Gasteiger partial charge in [0.05, 0.1) is 0 Å². The highest BCUT2D eigenvalue weighted by Gasteiger charge is 2.32. The topological polar surface area (TPSA) is 24.1 Å². The molecule has 0 amide bonds. The molecule has 2 fully saturated rings. The van der Waals surface area contributed by atoms with E-state index in [1.807, 2.05) is 0 Å². The summed E-state index contributed by atoms with van der Waals surface area (Å²) in [5.41, 5.74) is 1.07. The van der Waals surface area contributed by atoms with Gasteiger partial charge in [-0.25, -0.2) is 0 Å². The van der Waals surface area contributed by atoms with Gasteiger partial charge in [-0.05, 0) is 51.1 Å². The number of hydrogen-bond donors (Lipinski definition) is 2. The summed E-state index contributed by atoms with van der Waals surface area (Å²) in [4.78, 5) is 0. The van der Waals surface area contributed by atoms with Gasteiger partial charge in [0.2, 0.25) is 0 Å². The summed E-state index contributed by atoms with van der Waals surface area (Å²) in [6, 6.07) is 0. The fraction of sp³-hybridized carbons (Fsp3) is 1.00. The SMILES string of the molecule is CNC1(CCNCC2(C)CCC2)CCCCC1. The van der Waals surface area contributed by atoms with E-state index in [0.29, 0.717) is 11.0 Å². The highest BCUT2D eigenvalue weighted by Crippen LogP contribution is 2.39. The van der Waals surface area contributed by atoms with Crippen molar-refractivity contribution in [1.29, 1.82) is 0 Å². The maximum atomic E-state index is 3.69. The van der Waals surface area contributed by atoms with Crippen molar-refractivity contribution in [3.63, 3.8) is 0 Å². The van der Waals surface area contributed by atoms with Gasteiger partial charge in [-0.1, -0.05) is 32.6 Å². The van der Waals surface area contributed by atoms with E-state index in [9.17, 15) is 0 Å². The average molecular weight is 238 g/mol. The van der Waals surface area contributed by atoms with Crippen LogP contribution in [0.15, 0.2) is 0 Å². The molecule has 17 heavy (non-hydrogen) atoms. The summed E-state index contributed by atoms with van der Waals surface area (Å²) in [5.74, 6) is 0. The third kappa shape index (κ3) is 3.45. The van der Waals surface area contributed by atoms with Gasteiger partial charge in [-0.3, -0.25) is 0 Å². The lowest BCUT2D eigenvalue weighted by molar-refractivity contribution is 0.152. The monoisotopic (exact) mass is 238 g/mol. The summed E-state index contributed by atoms with van der Waals surface area (Å²) in [6.07, 6.45) is 12.6. The van der Waals surface area contributed by atoms with E-state index in [4.69, 9.17) is 0 Å². The van der Waals surface area contributed by atoms with Crippen LogP contribution in [0.25, 0.3) is 0 Å². The minimum absolute atomic E-state index is 0.450. The largest absolute Gasteiger partial charge is 0.316 e. The van der Waals surface area contributed by atoms with Crippen molar-refractivity contribution in [2.24, 2.45) is 5.41 Å². The quantitative estimate of drug-likeness (QED) is 0.695. The summed E-state index contributed by atoms with van der Waals surface area (Å²) in [5, 5.41) is 7.30. The fourth-order valence-corrected chi connectivity index (χ4v) is 3.53. The Kier molecular flexibility index (Phi) is 4.48. The zero-order valence-electron chi connectivity index (χ0n) is 11.8. The number of rotatable bonds is 6. The van der Waals surface area contributed by atoms with Crippen LogP contribution in [0.3, 0.4) is 0 Å². The molecule has 0 radical (unpaired) electrons. The van der Waals surface area contributed by atoms with Crippen molar-refractivity contribution in [2.45, 2.75) is 70.3 Å². The lowest BCUT2D eigenvalue weighted by Crippen LogP contribution is -2.47. The number of nitrogens with one attached hydrogen (secondary N) is 2. The van der Waals surface area contributed by atoms with E-state index in [1.54, 1.807) is 0 Å². The molecule has 2 rings (SSSR count). The van der Waals surface area contributed by atoms with E-state index in [-0.39, 0.29) is 0 Å².